The standard InChI is InChI=1S/C21H28N4O3S/c1-17-5-3-4-6-18(17)15-23(2)21(26)16-24-11-13-25(14-12-24)19-7-9-20(10-8-19)29(22,27)28/h3-10H,11-16H2,1-2H3,(H2,22,27,28). The van der Waals surface area contributed by atoms with Crippen LogP contribution in [-0.2, 0) is 21.4 Å². The average molecular weight is 417 g/mol. The molecule has 0 saturated carbocycles. The second-order valence-electron chi connectivity index (χ2n) is 7.48. The Bertz CT molecular complexity index is 952. The van der Waals surface area contributed by atoms with E-state index in [1.807, 2.05) is 19.2 Å². The summed E-state index contributed by atoms with van der Waals surface area (Å²) >= 11 is 0. The van der Waals surface area contributed by atoms with Gasteiger partial charge in [-0.25, -0.2) is 13.6 Å². The van der Waals surface area contributed by atoms with E-state index in [4.69, 9.17) is 5.14 Å². The van der Waals surface area contributed by atoms with Gasteiger partial charge in [0.1, 0.15) is 0 Å². The lowest BCUT2D eigenvalue weighted by molar-refractivity contribution is -0.131. The lowest BCUT2D eigenvalue weighted by Crippen LogP contribution is -2.49. The largest absolute Gasteiger partial charge is 0.369 e. The summed E-state index contributed by atoms with van der Waals surface area (Å²) in [5.41, 5.74) is 3.31. The second kappa shape index (κ2) is 8.94. The summed E-state index contributed by atoms with van der Waals surface area (Å²) < 4.78 is 22.8. The normalized spacial score (nSPS) is 15.3. The molecule has 1 saturated heterocycles. The van der Waals surface area contributed by atoms with Gasteiger partial charge in [-0.3, -0.25) is 9.69 Å². The van der Waals surface area contributed by atoms with E-state index < -0.39 is 10.0 Å². The minimum atomic E-state index is -3.68. The number of benzene rings is 2. The number of primary sulfonamides is 1. The number of aryl methyl sites for hydroxylation is 1. The van der Waals surface area contributed by atoms with Crippen molar-refractivity contribution in [1.29, 1.82) is 0 Å². The van der Waals surface area contributed by atoms with Gasteiger partial charge in [-0.1, -0.05) is 24.3 Å². The molecule has 29 heavy (non-hydrogen) atoms. The highest BCUT2D eigenvalue weighted by Gasteiger charge is 2.21. The molecule has 0 atom stereocenters. The number of nitrogens with zero attached hydrogens (tertiary/aromatic N) is 3. The predicted octanol–water partition coefficient (Wildman–Crippen LogP) is 1.42. The first-order chi connectivity index (χ1) is 13.7. The Morgan fingerprint density at radius 2 is 1.66 bits per heavy atom. The van der Waals surface area contributed by atoms with E-state index >= 15 is 0 Å². The Hall–Kier alpha value is -2.42. The molecule has 8 heteroatoms. The van der Waals surface area contributed by atoms with Gasteiger partial charge in [0.25, 0.3) is 0 Å². The summed E-state index contributed by atoms with van der Waals surface area (Å²) in [6, 6.07) is 14.7. The highest BCUT2D eigenvalue weighted by Crippen LogP contribution is 2.19. The van der Waals surface area contributed by atoms with Crippen molar-refractivity contribution in [3.63, 3.8) is 0 Å². The molecule has 0 aliphatic carbocycles. The Labute approximate surface area is 172 Å². The molecular weight excluding hydrogens is 388 g/mol. The number of likely N-dealkylation sites (N-methyl/N-ethyl adjacent to an activating group) is 1. The maximum atomic E-state index is 12.6. The van der Waals surface area contributed by atoms with Crippen molar-refractivity contribution >= 4 is 21.6 Å². The fraction of sp³-hybridized carbons (Fsp3) is 0.381. The van der Waals surface area contributed by atoms with Crippen LogP contribution < -0.4 is 10.0 Å². The molecule has 1 amide bonds. The van der Waals surface area contributed by atoms with Crippen LogP contribution in [0.25, 0.3) is 0 Å². The van der Waals surface area contributed by atoms with Crippen molar-refractivity contribution in [2.75, 3.05) is 44.7 Å². The van der Waals surface area contributed by atoms with Crippen LogP contribution in [0.15, 0.2) is 53.4 Å². The molecule has 2 aromatic carbocycles. The topological polar surface area (TPSA) is 86.9 Å². The van der Waals surface area contributed by atoms with Crippen LogP contribution in [0.4, 0.5) is 5.69 Å². The van der Waals surface area contributed by atoms with Gasteiger partial charge in [0.05, 0.1) is 11.4 Å². The molecule has 156 valence electrons. The van der Waals surface area contributed by atoms with E-state index in [0.717, 1.165) is 37.4 Å². The number of piperazine rings is 1. The first-order valence-corrected chi connectivity index (χ1v) is 11.2. The summed E-state index contributed by atoms with van der Waals surface area (Å²) in [7, 11) is -1.83. The minimum absolute atomic E-state index is 0.110. The van der Waals surface area contributed by atoms with E-state index in [1.54, 1.807) is 17.0 Å². The van der Waals surface area contributed by atoms with E-state index in [0.29, 0.717) is 13.1 Å². The molecular formula is C21H28N4O3S. The van der Waals surface area contributed by atoms with Gasteiger partial charge in [-0.15, -0.1) is 0 Å². The van der Waals surface area contributed by atoms with Crippen LogP contribution in [0.1, 0.15) is 11.1 Å². The number of anilines is 1. The third kappa shape index (κ3) is 5.56. The van der Waals surface area contributed by atoms with Crippen LogP contribution >= 0.6 is 0 Å². The first kappa shape index (κ1) is 21.3. The number of carbonyl (C=O) groups excluding carboxylic acids is 1. The molecule has 7 nitrogen and oxygen atoms in total. The number of carbonyl (C=O) groups is 1. The van der Waals surface area contributed by atoms with Gasteiger partial charge < -0.3 is 9.80 Å². The van der Waals surface area contributed by atoms with E-state index in [1.165, 1.54) is 17.7 Å². The summed E-state index contributed by atoms with van der Waals surface area (Å²) in [5, 5.41) is 5.15. The Morgan fingerprint density at radius 3 is 2.24 bits per heavy atom. The first-order valence-electron chi connectivity index (χ1n) is 9.62. The van der Waals surface area contributed by atoms with Crippen LogP contribution in [0.2, 0.25) is 0 Å². The number of hydrogen-bond acceptors (Lipinski definition) is 5. The summed E-state index contributed by atoms with van der Waals surface area (Å²) in [6.45, 7) is 6.19. The maximum absolute atomic E-state index is 12.6. The zero-order valence-electron chi connectivity index (χ0n) is 16.9. The summed E-state index contributed by atoms with van der Waals surface area (Å²) in [4.78, 5) is 18.8. The number of sulfonamides is 1. The summed E-state index contributed by atoms with van der Waals surface area (Å²) in [6.07, 6.45) is 0. The van der Waals surface area contributed by atoms with Gasteiger partial charge in [0.15, 0.2) is 0 Å². The predicted molar refractivity (Wildman–Crippen MR) is 114 cm³/mol. The molecule has 2 aromatic rings. The molecule has 2 N–H and O–H groups in total. The molecule has 1 aliphatic rings. The molecule has 1 fully saturated rings. The van der Waals surface area contributed by atoms with Crippen molar-refractivity contribution < 1.29 is 13.2 Å². The minimum Gasteiger partial charge on any atom is -0.369 e. The fourth-order valence-corrected chi connectivity index (χ4v) is 3.97. The summed E-state index contributed by atoms with van der Waals surface area (Å²) in [5.74, 6) is 0.110. The van der Waals surface area contributed by atoms with Crippen molar-refractivity contribution in [2.45, 2.75) is 18.4 Å². The molecule has 0 spiro atoms. The Kier molecular flexibility index (Phi) is 6.56. The third-order valence-corrected chi connectivity index (χ3v) is 6.29. The van der Waals surface area contributed by atoms with Crippen LogP contribution in [0.5, 0.6) is 0 Å². The van der Waals surface area contributed by atoms with Gasteiger partial charge in [-0.2, -0.15) is 0 Å². The van der Waals surface area contributed by atoms with Crippen molar-refractivity contribution in [3.05, 3.63) is 59.7 Å². The molecule has 0 radical (unpaired) electrons. The number of rotatable bonds is 6. The third-order valence-electron chi connectivity index (χ3n) is 5.36. The van der Waals surface area contributed by atoms with Crippen LogP contribution in [0, 0.1) is 6.92 Å². The van der Waals surface area contributed by atoms with Gasteiger partial charge >= 0.3 is 0 Å². The molecule has 1 aliphatic heterocycles. The second-order valence-corrected chi connectivity index (χ2v) is 9.04. The van der Waals surface area contributed by atoms with Gasteiger partial charge in [0.2, 0.25) is 15.9 Å². The average Bonchev–Trinajstić information content (AvgIpc) is 2.69. The Morgan fingerprint density at radius 1 is 1.03 bits per heavy atom. The molecule has 0 aromatic heterocycles. The molecule has 0 bridgehead atoms. The van der Waals surface area contributed by atoms with E-state index in [9.17, 15) is 13.2 Å². The Balaban J connectivity index is 1.50. The highest BCUT2D eigenvalue weighted by atomic mass is 32.2. The maximum Gasteiger partial charge on any atom is 0.238 e. The molecule has 3 rings (SSSR count). The molecule has 1 heterocycles. The van der Waals surface area contributed by atoms with Crippen molar-refractivity contribution in [3.8, 4) is 0 Å². The number of nitrogens with two attached hydrogens (primary N) is 1. The van der Waals surface area contributed by atoms with Crippen LogP contribution in [0.3, 0.4) is 0 Å². The number of amides is 1. The zero-order valence-corrected chi connectivity index (χ0v) is 17.7. The SMILES string of the molecule is Cc1ccccc1CN(C)C(=O)CN1CCN(c2ccc(S(N)(=O)=O)cc2)CC1. The fourth-order valence-electron chi connectivity index (χ4n) is 3.45. The zero-order chi connectivity index (χ0) is 21.0. The van der Waals surface area contributed by atoms with Crippen molar-refractivity contribution in [1.82, 2.24) is 9.80 Å². The lowest BCUT2D eigenvalue weighted by Gasteiger charge is -2.36. The van der Waals surface area contributed by atoms with Gasteiger partial charge in [0, 0.05) is 45.5 Å². The number of hydrogen-bond donors (Lipinski definition) is 1. The van der Waals surface area contributed by atoms with E-state index in [2.05, 4.69) is 28.9 Å². The van der Waals surface area contributed by atoms with Crippen molar-refractivity contribution in [2.24, 2.45) is 5.14 Å². The quantitative estimate of drug-likeness (QED) is 0.770. The van der Waals surface area contributed by atoms with Gasteiger partial charge in [-0.05, 0) is 42.3 Å². The van der Waals surface area contributed by atoms with E-state index in [-0.39, 0.29) is 10.8 Å². The lowest BCUT2D eigenvalue weighted by atomic mass is 10.1. The molecule has 0 unspecified atom stereocenters. The highest BCUT2D eigenvalue weighted by molar-refractivity contribution is 7.89. The smallest absolute Gasteiger partial charge is 0.238 e. The monoisotopic (exact) mass is 416 g/mol. The van der Waals surface area contributed by atoms with Crippen LogP contribution in [-0.4, -0.2) is 63.9 Å².